The van der Waals surface area contributed by atoms with Gasteiger partial charge in [0.05, 0.1) is 6.61 Å². The minimum atomic E-state index is 0.389. The number of hydrogen-bond acceptors (Lipinski definition) is 3. The van der Waals surface area contributed by atoms with Gasteiger partial charge in [-0.25, -0.2) is 0 Å². The zero-order valence-electron chi connectivity index (χ0n) is 12.8. The Hall–Kier alpha value is -1.06. The molecule has 1 aromatic carbocycles. The van der Waals surface area contributed by atoms with Crippen LogP contribution in [0.15, 0.2) is 24.3 Å². The van der Waals surface area contributed by atoms with E-state index in [0.717, 1.165) is 38.5 Å². The molecule has 1 aromatic rings. The maximum absolute atomic E-state index is 5.49. The lowest BCUT2D eigenvalue weighted by molar-refractivity contribution is 0.267. The molecule has 108 valence electrons. The summed E-state index contributed by atoms with van der Waals surface area (Å²) in [7, 11) is 0. The van der Waals surface area contributed by atoms with Crippen molar-refractivity contribution in [3.05, 3.63) is 29.8 Å². The fourth-order valence-electron chi connectivity index (χ4n) is 2.24. The van der Waals surface area contributed by atoms with Crippen LogP contribution < -0.4 is 10.1 Å². The van der Waals surface area contributed by atoms with Gasteiger partial charge in [0.15, 0.2) is 0 Å². The van der Waals surface area contributed by atoms with Crippen molar-refractivity contribution in [3.63, 3.8) is 0 Å². The van der Waals surface area contributed by atoms with Gasteiger partial charge in [0, 0.05) is 12.6 Å². The highest BCUT2D eigenvalue weighted by atomic mass is 16.5. The maximum Gasteiger partial charge on any atom is 0.119 e. The molecule has 3 heteroatoms. The summed E-state index contributed by atoms with van der Waals surface area (Å²) in [4.78, 5) is 2.45. The van der Waals surface area contributed by atoms with Crippen molar-refractivity contribution in [3.8, 4) is 5.75 Å². The molecule has 0 aromatic heterocycles. The molecule has 0 amide bonds. The van der Waals surface area contributed by atoms with E-state index in [2.05, 4.69) is 55.3 Å². The third-order valence-corrected chi connectivity index (χ3v) is 3.38. The van der Waals surface area contributed by atoms with Gasteiger partial charge in [0.1, 0.15) is 5.75 Å². The Morgan fingerprint density at radius 3 is 2.16 bits per heavy atom. The summed E-state index contributed by atoms with van der Waals surface area (Å²) in [5, 5.41) is 3.57. The Morgan fingerprint density at radius 2 is 1.68 bits per heavy atom. The molecule has 0 bridgehead atoms. The largest absolute Gasteiger partial charge is 0.494 e. The number of benzene rings is 1. The van der Waals surface area contributed by atoms with Gasteiger partial charge in [0.2, 0.25) is 0 Å². The molecule has 0 fully saturated rings. The van der Waals surface area contributed by atoms with Gasteiger partial charge in [-0.2, -0.15) is 0 Å². The first-order chi connectivity index (χ1) is 9.24. The number of hydrogen-bond donors (Lipinski definition) is 1. The van der Waals surface area contributed by atoms with Crippen molar-refractivity contribution in [2.75, 3.05) is 32.8 Å². The molecule has 0 aliphatic heterocycles. The molecule has 1 N–H and O–H groups in total. The van der Waals surface area contributed by atoms with Crippen LogP contribution in [-0.2, 0) is 0 Å². The number of likely N-dealkylation sites (N-methyl/N-ethyl adjacent to an activating group) is 2. The van der Waals surface area contributed by atoms with E-state index in [1.165, 1.54) is 5.56 Å². The Kier molecular flexibility index (Phi) is 7.53. The average Bonchev–Trinajstić information content (AvgIpc) is 2.45. The summed E-state index contributed by atoms with van der Waals surface area (Å²) >= 11 is 0. The number of ether oxygens (including phenoxy) is 1. The van der Waals surface area contributed by atoms with E-state index >= 15 is 0 Å². The van der Waals surface area contributed by atoms with Crippen molar-refractivity contribution < 1.29 is 4.74 Å². The summed E-state index contributed by atoms with van der Waals surface area (Å²) in [6.45, 7) is 13.5. The topological polar surface area (TPSA) is 24.5 Å². The molecule has 0 aliphatic carbocycles. The Morgan fingerprint density at radius 1 is 1.05 bits per heavy atom. The summed E-state index contributed by atoms with van der Waals surface area (Å²) < 4.78 is 5.49. The second-order valence-corrected chi connectivity index (χ2v) is 4.60. The van der Waals surface area contributed by atoms with Crippen LogP contribution in [0.1, 0.15) is 39.3 Å². The first kappa shape index (κ1) is 16.0. The van der Waals surface area contributed by atoms with E-state index in [1.807, 2.05) is 6.92 Å². The highest BCUT2D eigenvalue weighted by molar-refractivity contribution is 5.29. The van der Waals surface area contributed by atoms with Crippen LogP contribution in [0.2, 0.25) is 0 Å². The van der Waals surface area contributed by atoms with Crippen molar-refractivity contribution in [2.45, 2.75) is 33.7 Å². The van der Waals surface area contributed by atoms with E-state index < -0.39 is 0 Å². The predicted molar refractivity (Wildman–Crippen MR) is 81.8 cm³/mol. The second-order valence-electron chi connectivity index (χ2n) is 4.60. The van der Waals surface area contributed by atoms with Crippen molar-refractivity contribution in [2.24, 2.45) is 0 Å². The lowest BCUT2D eigenvalue weighted by Crippen LogP contribution is -2.35. The summed E-state index contributed by atoms with van der Waals surface area (Å²) in [6.07, 6.45) is 0. The van der Waals surface area contributed by atoms with Gasteiger partial charge >= 0.3 is 0 Å². The molecule has 0 aliphatic rings. The molecule has 0 spiro atoms. The summed E-state index contributed by atoms with van der Waals surface area (Å²) in [5.74, 6) is 0.948. The van der Waals surface area contributed by atoms with Crippen LogP contribution in [0.3, 0.4) is 0 Å². The highest BCUT2D eigenvalue weighted by Crippen LogP contribution is 2.19. The van der Waals surface area contributed by atoms with Crippen LogP contribution >= 0.6 is 0 Å². The SMILES string of the molecule is CCNC(CN(CC)CC)c1ccc(OCC)cc1. The van der Waals surface area contributed by atoms with Crippen LogP contribution in [0.25, 0.3) is 0 Å². The van der Waals surface area contributed by atoms with E-state index in [1.54, 1.807) is 0 Å². The molecule has 1 atom stereocenters. The molecule has 1 rings (SSSR count). The van der Waals surface area contributed by atoms with Crippen molar-refractivity contribution in [1.29, 1.82) is 0 Å². The quantitative estimate of drug-likeness (QED) is 0.742. The third kappa shape index (κ3) is 5.21. The molecule has 1 unspecified atom stereocenters. The second kappa shape index (κ2) is 8.94. The number of nitrogens with zero attached hydrogens (tertiary/aromatic N) is 1. The molecule has 0 heterocycles. The first-order valence-corrected chi connectivity index (χ1v) is 7.43. The normalized spacial score (nSPS) is 12.7. The van der Waals surface area contributed by atoms with Crippen LogP contribution in [0.4, 0.5) is 0 Å². The van der Waals surface area contributed by atoms with Gasteiger partial charge in [-0.15, -0.1) is 0 Å². The monoisotopic (exact) mass is 264 g/mol. The number of nitrogens with one attached hydrogen (secondary N) is 1. The smallest absolute Gasteiger partial charge is 0.119 e. The van der Waals surface area contributed by atoms with E-state index in [9.17, 15) is 0 Å². The molecule has 0 saturated heterocycles. The maximum atomic E-state index is 5.49. The Labute approximate surface area is 118 Å². The zero-order valence-corrected chi connectivity index (χ0v) is 12.8. The highest BCUT2D eigenvalue weighted by Gasteiger charge is 2.13. The fourth-order valence-corrected chi connectivity index (χ4v) is 2.24. The Bertz CT molecular complexity index is 333. The minimum absolute atomic E-state index is 0.389. The molecule has 0 radical (unpaired) electrons. The van der Waals surface area contributed by atoms with Gasteiger partial charge < -0.3 is 15.0 Å². The van der Waals surface area contributed by atoms with Gasteiger partial charge in [-0.05, 0) is 44.3 Å². The fraction of sp³-hybridized carbons (Fsp3) is 0.625. The summed E-state index contributed by atoms with van der Waals surface area (Å²) in [5.41, 5.74) is 1.33. The van der Waals surface area contributed by atoms with Gasteiger partial charge in [-0.3, -0.25) is 0 Å². The van der Waals surface area contributed by atoms with Crippen molar-refractivity contribution in [1.82, 2.24) is 10.2 Å². The van der Waals surface area contributed by atoms with Gasteiger partial charge in [-0.1, -0.05) is 32.9 Å². The zero-order chi connectivity index (χ0) is 14.1. The standard InChI is InChI=1S/C16H28N2O/c1-5-17-16(13-18(6-2)7-3)14-9-11-15(12-10-14)19-8-4/h9-12,16-17H,5-8,13H2,1-4H3. The minimum Gasteiger partial charge on any atom is -0.494 e. The van der Waals surface area contributed by atoms with E-state index in [0.29, 0.717) is 6.04 Å². The van der Waals surface area contributed by atoms with Gasteiger partial charge in [0.25, 0.3) is 0 Å². The van der Waals surface area contributed by atoms with E-state index in [-0.39, 0.29) is 0 Å². The predicted octanol–water partition coefficient (Wildman–Crippen LogP) is 3.08. The molecular weight excluding hydrogens is 236 g/mol. The van der Waals surface area contributed by atoms with Crippen molar-refractivity contribution >= 4 is 0 Å². The van der Waals surface area contributed by atoms with E-state index in [4.69, 9.17) is 4.74 Å². The Balaban J connectivity index is 2.74. The average molecular weight is 264 g/mol. The summed E-state index contributed by atoms with van der Waals surface area (Å²) in [6, 6.07) is 8.85. The lowest BCUT2D eigenvalue weighted by Gasteiger charge is -2.26. The molecule has 3 nitrogen and oxygen atoms in total. The number of rotatable bonds is 9. The third-order valence-electron chi connectivity index (χ3n) is 3.38. The van der Waals surface area contributed by atoms with Crippen LogP contribution in [0, 0.1) is 0 Å². The molecule has 19 heavy (non-hydrogen) atoms. The first-order valence-electron chi connectivity index (χ1n) is 7.43. The van der Waals surface area contributed by atoms with Crippen LogP contribution in [-0.4, -0.2) is 37.7 Å². The van der Waals surface area contributed by atoms with Crippen LogP contribution in [0.5, 0.6) is 5.75 Å². The molecular formula is C16H28N2O. The lowest BCUT2D eigenvalue weighted by atomic mass is 10.1. The molecule has 0 saturated carbocycles.